The summed E-state index contributed by atoms with van der Waals surface area (Å²) in [5, 5.41) is 13.5. The first-order chi connectivity index (χ1) is 18.8. The minimum Gasteiger partial charge on any atom is -0.495 e. The normalized spacial score (nSPS) is 15.2. The second kappa shape index (κ2) is 11.2. The van der Waals surface area contributed by atoms with Crippen LogP contribution in [0.4, 0.5) is 14.5 Å². The SMILES string of the molecule is COc1cc(C(=O)NCC2(c3cc(C(C)(C)O)c(F)c(-c4ccc(F)cc4)n3)OCCO2)cc(/C=C(/C)N)c1N. The number of aromatic nitrogens is 1. The van der Waals surface area contributed by atoms with Crippen molar-refractivity contribution in [2.24, 2.45) is 5.73 Å². The van der Waals surface area contributed by atoms with Gasteiger partial charge in [0.05, 0.1) is 38.2 Å². The number of ether oxygens (including phenoxy) is 3. The lowest BCUT2D eigenvalue weighted by molar-refractivity contribution is -0.163. The van der Waals surface area contributed by atoms with Crippen LogP contribution in [0, 0.1) is 11.6 Å². The number of halogens is 2. The molecule has 40 heavy (non-hydrogen) atoms. The average molecular weight is 555 g/mol. The summed E-state index contributed by atoms with van der Waals surface area (Å²) in [6.07, 6.45) is 1.62. The summed E-state index contributed by atoms with van der Waals surface area (Å²) >= 11 is 0. The van der Waals surface area contributed by atoms with Crippen molar-refractivity contribution >= 4 is 17.7 Å². The summed E-state index contributed by atoms with van der Waals surface area (Å²) in [4.78, 5) is 17.7. The highest BCUT2D eigenvalue weighted by atomic mass is 19.1. The average Bonchev–Trinajstić information content (AvgIpc) is 3.38. The van der Waals surface area contributed by atoms with E-state index >= 15 is 4.39 Å². The van der Waals surface area contributed by atoms with E-state index < -0.39 is 28.9 Å². The first-order valence-electron chi connectivity index (χ1n) is 12.5. The lowest BCUT2D eigenvalue weighted by Crippen LogP contribution is -2.43. The molecule has 9 nitrogen and oxygen atoms in total. The molecule has 4 rings (SSSR count). The largest absolute Gasteiger partial charge is 0.495 e. The molecular weight excluding hydrogens is 522 g/mol. The fraction of sp³-hybridized carbons (Fsp3) is 0.310. The molecule has 1 saturated heterocycles. The number of carbonyl (C=O) groups is 1. The van der Waals surface area contributed by atoms with Crippen molar-refractivity contribution in [3.05, 3.63) is 82.2 Å². The van der Waals surface area contributed by atoms with Crippen LogP contribution >= 0.6 is 0 Å². The molecule has 1 amide bonds. The number of carbonyl (C=O) groups excluding carboxylic acids is 1. The number of nitrogen functional groups attached to an aromatic ring is 1. The Labute approximate surface area is 230 Å². The molecular formula is C29H32F2N4O5. The van der Waals surface area contributed by atoms with E-state index in [1.165, 1.54) is 57.4 Å². The van der Waals surface area contributed by atoms with Crippen molar-refractivity contribution in [1.82, 2.24) is 10.3 Å². The van der Waals surface area contributed by atoms with Gasteiger partial charge in [-0.3, -0.25) is 4.79 Å². The molecule has 0 atom stereocenters. The van der Waals surface area contributed by atoms with Crippen LogP contribution in [-0.4, -0.2) is 42.9 Å². The number of nitrogens with one attached hydrogen (secondary N) is 1. The topological polar surface area (TPSA) is 142 Å². The maximum atomic E-state index is 15.6. The number of rotatable bonds is 8. The molecule has 0 unspecified atom stereocenters. The third kappa shape index (κ3) is 5.91. The number of aliphatic hydroxyl groups is 1. The first-order valence-corrected chi connectivity index (χ1v) is 12.5. The number of hydrogen-bond acceptors (Lipinski definition) is 8. The van der Waals surface area contributed by atoms with Gasteiger partial charge in [-0.15, -0.1) is 0 Å². The second-order valence-electron chi connectivity index (χ2n) is 9.99. The zero-order chi connectivity index (χ0) is 29.2. The summed E-state index contributed by atoms with van der Waals surface area (Å²) in [5.41, 5.74) is 12.1. The van der Waals surface area contributed by atoms with Crippen molar-refractivity contribution in [1.29, 1.82) is 0 Å². The first kappa shape index (κ1) is 28.9. The summed E-state index contributed by atoms with van der Waals surface area (Å²) < 4.78 is 46.4. The smallest absolute Gasteiger partial charge is 0.251 e. The minimum absolute atomic E-state index is 0.0709. The number of nitrogens with two attached hydrogens (primary N) is 2. The van der Waals surface area contributed by atoms with Crippen LogP contribution in [-0.2, 0) is 20.9 Å². The number of hydrogen-bond donors (Lipinski definition) is 4. The predicted octanol–water partition coefficient (Wildman–Crippen LogP) is 3.79. The highest BCUT2D eigenvalue weighted by Crippen LogP contribution is 2.37. The molecule has 212 valence electrons. The van der Waals surface area contributed by atoms with Gasteiger partial charge in [-0.05, 0) is 69.3 Å². The number of amides is 1. The van der Waals surface area contributed by atoms with Gasteiger partial charge in [-0.2, -0.15) is 0 Å². The van der Waals surface area contributed by atoms with Gasteiger partial charge >= 0.3 is 0 Å². The molecule has 2 heterocycles. The molecule has 0 aliphatic carbocycles. The number of allylic oxidation sites excluding steroid dienone is 1. The molecule has 6 N–H and O–H groups in total. The Bertz CT molecular complexity index is 1440. The third-order valence-electron chi connectivity index (χ3n) is 6.40. The number of anilines is 1. The fourth-order valence-corrected chi connectivity index (χ4v) is 4.38. The van der Waals surface area contributed by atoms with Gasteiger partial charge in [0.1, 0.15) is 23.0 Å². The zero-order valence-electron chi connectivity index (χ0n) is 22.7. The number of pyridine rings is 1. The molecule has 1 aliphatic heterocycles. The quantitative estimate of drug-likeness (QED) is 0.308. The Morgan fingerprint density at radius 3 is 2.42 bits per heavy atom. The Balaban J connectivity index is 1.74. The van der Waals surface area contributed by atoms with Crippen LogP contribution in [0.5, 0.6) is 5.75 Å². The van der Waals surface area contributed by atoms with Gasteiger partial charge in [0.2, 0.25) is 5.79 Å². The number of nitrogens with zero attached hydrogens (tertiary/aromatic N) is 1. The van der Waals surface area contributed by atoms with E-state index in [2.05, 4.69) is 10.3 Å². The molecule has 0 bridgehead atoms. The van der Waals surface area contributed by atoms with E-state index in [0.29, 0.717) is 22.7 Å². The molecule has 0 saturated carbocycles. The number of methoxy groups -OCH3 is 1. The van der Waals surface area contributed by atoms with Crippen LogP contribution in [0.1, 0.15) is 48.0 Å². The van der Waals surface area contributed by atoms with E-state index in [-0.39, 0.29) is 47.8 Å². The fourth-order valence-electron chi connectivity index (χ4n) is 4.38. The Morgan fingerprint density at radius 2 is 1.85 bits per heavy atom. The third-order valence-corrected chi connectivity index (χ3v) is 6.40. The molecule has 1 aromatic heterocycles. The van der Waals surface area contributed by atoms with Gasteiger partial charge in [0.15, 0.2) is 5.82 Å². The molecule has 1 fully saturated rings. The highest BCUT2D eigenvalue weighted by Gasteiger charge is 2.42. The van der Waals surface area contributed by atoms with Crippen molar-refractivity contribution in [2.45, 2.75) is 32.2 Å². The standard InChI is InChI=1S/C29H32F2N4O5/c1-16(32)11-18-12-19(13-22(38-4)25(18)33)27(36)34-15-29(39-9-10-40-29)23-14-21(28(2,3)37)24(31)26(35-23)17-5-7-20(30)8-6-17/h5-8,11-14,37H,9-10,15,32-33H2,1-4H3,(H,34,36)/b16-11-. The lowest BCUT2D eigenvalue weighted by atomic mass is 9.93. The second-order valence-corrected chi connectivity index (χ2v) is 9.99. The Hall–Kier alpha value is -4.06. The summed E-state index contributed by atoms with van der Waals surface area (Å²) in [6, 6.07) is 9.54. The van der Waals surface area contributed by atoms with Gasteiger partial charge in [0, 0.05) is 28.0 Å². The van der Waals surface area contributed by atoms with Gasteiger partial charge < -0.3 is 36.1 Å². The lowest BCUT2D eigenvalue weighted by Gasteiger charge is -2.30. The van der Waals surface area contributed by atoms with Crippen molar-refractivity contribution in [3.8, 4) is 17.0 Å². The minimum atomic E-state index is -1.61. The van der Waals surface area contributed by atoms with E-state index in [0.717, 1.165) is 0 Å². The van der Waals surface area contributed by atoms with Crippen molar-refractivity contribution in [2.75, 3.05) is 32.6 Å². The maximum absolute atomic E-state index is 15.6. The van der Waals surface area contributed by atoms with Gasteiger partial charge in [-0.1, -0.05) is 0 Å². The molecule has 0 spiro atoms. The maximum Gasteiger partial charge on any atom is 0.251 e. The Morgan fingerprint density at radius 1 is 1.20 bits per heavy atom. The van der Waals surface area contributed by atoms with Crippen molar-refractivity contribution < 1.29 is 32.9 Å². The summed E-state index contributed by atoms with van der Waals surface area (Å²) in [5.74, 6) is -3.06. The summed E-state index contributed by atoms with van der Waals surface area (Å²) in [6.45, 7) is 4.70. The van der Waals surface area contributed by atoms with Crippen LogP contribution in [0.2, 0.25) is 0 Å². The molecule has 1 aliphatic rings. The van der Waals surface area contributed by atoms with Gasteiger partial charge in [-0.25, -0.2) is 13.8 Å². The molecule has 0 radical (unpaired) electrons. The van der Waals surface area contributed by atoms with E-state index in [1.54, 1.807) is 19.1 Å². The van der Waals surface area contributed by atoms with E-state index in [1.807, 2.05) is 0 Å². The van der Waals surface area contributed by atoms with E-state index in [4.69, 9.17) is 25.7 Å². The van der Waals surface area contributed by atoms with Crippen molar-refractivity contribution in [3.63, 3.8) is 0 Å². The molecule has 3 aromatic rings. The Kier molecular flexibility index (Phi) is 8.10. The monoisotopic (exact) mass is 554 g/mol. The zero-order valence-corrected chi connectivity index (χ0v) is 22.7. The highest BCUT2D eigenvalue weighted by molar-refractivity contribution is 5.96. The molecule has 2 aromatic carbocycles. The van der Waals surface area contributed by atoms with Crippen LogP contribution in [0.15, 0.2) is 48.2 Å². The number of benzene rings is 2. The van der Waals surface area contributed by atoms with Crippen LogP contribution in [0.3, 0.4) is 0 Å². The predicted molar refractivity (Wildman–Crippen MR) is 146 cm³/mol. The van der Waals surface area contributed by atoms with E-state index in [9.17, 15) is 14.3 Å². The van der Waals surface area contributed by atoms with Crippen LogP contribution in [0.25, 0.3) is 17.3 Å². The summed E-state index contributed by atoms with van der Waals surface area (Å²) in [7, 11) is 1.44. The molecule has 11 heteroatoms. The van der Waals surface area contributed by atoms with Crippen LogP contribution < -0.4 is 21.5 Å². The van der Waals surface area contributed by atoms with Gasteiger partial charge in [0.25, 0.3) is 5.91 Å².